The number of aliphatic hydroxyl groups is 1. The molecular formula is C21H26N2O2. The van der Waals surface area contributed by atoms with E-state index in [4.69, 9.17) is 4.74 Å². The van der Waals surface area contributed by atoms with Crippen molar-refractivity contribution in [3.8, 4) is 5.75 Å². The number of benzene rings is 2. The maximum atomic E-state index is 10.0. The summed E-state index contributed by atoms with van der Waals surface area (Å²) in [7, 11) is 0. The average Bonchev–Trinajstić information content (AvgIpc) is 3.07. The van der Waals surface area contributed by atoms with Crippen LogP contribution < -0.4 is 10.1 Å². The van der Waals surface area contributed by atoms with Crippen LogP contribution >= 0.6 is 0 Å². The van der Waals surface area contributed by atoms with Gasteiger partial charge in [-0.3, -0.25) is 0 Å². The molecule has 2 aromatic carbocycles. The Kier molecular flexibility index (Phi) is 6.09. The Labute approximate surface area is 148 Å². The number of hydrogen-bond acceptors (Lipinski definition) is 3. The number of aromatic nitrogens is 1. The van der Waals surface area contributed by atoms with Gasteiger partial charge in [0, 0.05) is 23.6 Å². The van der Waals surface area contributed by atoms with Crippen molar-refractivity contribution in [1.29, 1.82) is 0 Å². The highest BCUT2D eigenvalue weighted by Gasteiger charge is 2.06. The third-order valence-corrected chi connectivity index (χ3v) is 4.40. The molecule has 0 aliphatic carbocycles. The van der Waals surface area contributed by atoms with Gasteiger partial charge in [-0.05, 0) is 48.7 Å². The molecule has 0 saturated heterocycles. The average molecular weight is 338 g/mol. The van der Waals surface area contributed by atoms with Crippen LogP contribution in [-0.4, -0.2) is 35.9 Å². The smallest absolute Gasteiger partial charge is 0.119 e. The second kappa shape index (κ2) is 8.70. The van der Waals surface area contributed by atoms with Crippen LogP contribution in [0.5, 0.6) is 5.75 Å². The van der Waals surface area contributed by atoms with E-state index in [1.54, 1.807) is 0 Å². The summed E-state index contributed by atoms with van der Waals surface area (Å²) in [6.45, 7) is 3.77. The van der Waals surface area contributed by atoms with E-state index in [2.05, 4.69) is 53.8 Å². The van der Waals surface area contributed by atoms with E-state index in [0.717, 1.165) is 25.1 Å². The molecule has 0 radical (unpaired) electrons. The zero-order valence-corrected chi connectivity index (χ0v) is 14.7. The zero-order chi connectivity index (χ0) is 17.5. The van der Waals surface area contributed by atoms with Crippen molar-refractivity contribution in [1.82, 2.24) is 10.3 Å². The summed E-state index contributed by atoms with van der Waals surface area (Å²) in [6, 6.07) is 16.3. The van der Waals surface area contributed by atoms with Gasteiger partial charge in [0.15, 0.2) is 0 Å². The third-order valence-electron chi connectivity index (χ3n) is 4.40. The van der Waals surface area contributed by atoms with Crippen molar-refractivity contribution >= 4 is 10.9 Å². The standard InChI is InChI=1S/C21H26N2O2/c1-2-16-7-9-19(10-8-16)25-15-18(24)14-22-12-11-17-13-23-21-6-4-3-5-20(17)21/h3-10,13,18,22-24H,2,11-12,14-15H2,1H3. The molecule has 4 heteroatoms. The zero-order valence-electron chi connectivity index (χ0n) is 14.7. The first-order valence-corrected chi connectivity index (χ1v) is 8.91. The van der Waals surface area contributed by atoms with Gasteiger partial charge in [0.2, 0.25) is 0 Å². The van der Waals surface area contributed by atoms with Gasteiger partial charge >= 0.3 is 0 Å². The maximum Gasteiger partial charge on any atom is 0.119 e. The predicted molar refractivity (Wildman–Crippen MR) is 102 cm³/mol. The molecule has 3 N–H and O–H groups in total. The topological polar surface area (TPSA) is 57.3 Å². The summed E-state index contributed by atoms with van der Waals surface area (Å²) in [5.41, 5.74) is 3.75. The van der Waals surface area contributed by atoms with Crippen molar-refractivity contribution in [2.45, 2.75) is 25.9 Å². The van der Waals surface area contributed by atoms with Gasteiger partial charge in [0.25, 0.3) is 0 Å². The number of aryl methyl sites for hydroxylation is 1. The second-order valence-corrected chi connectivity index (χ2v) is 6.28. The Hall–Kier alpha value is -2.30. The number of H-pyrrole nitrogens is 1. The molecular weight excluding hydrogens is 312 g/mol. The normalized spacial score (nSPS) is 12.4. The van der Waals surface area contributed by atoms with Crippen molar-refractivity contribution in [3.63, 3.8) is 0 Å². The van der Waals surface area contributed by atoms with E-state index in [9.17, 15) is 5.11 Å². The van der Waals surface area contributed by atoms with Crippen molar-refractivity contribution in [2.24, 2.45) is 0 Å². The molecule has 0 aliphatic heterocycles. The Balaban J connectivity index is 1.37. The van der Waals surface area contributed by atoms with Gasteiger partial charge < -0.3 is 20.1 Å². The molecule has 0 amide bonds. The quantitative estimate of drug-likeness (QED) is 0.525. The van der Waals surface area contributed by atoms with E-state index < -0.39 is 6.10 Å². The number of aromatic amines is 1. The number of nitrogens with one attached hydrogen (secondary N) is 2. The predicted octanol–water partition coefficient (Wildman–Crippen LogP) is 3.30. The fraction of sp³-hybridized carbons (Fsp3) is 0.333. The van der Waals surface area contributed by atoms with Crippen molar-refractivity contribution < 1.29 is 9.84 Å². The Morgan fingerprint density at radius 2 is 1.92 bits per heavy atom. The summed E-state index contributed by atoms with van der Waals surface area (Å²) < 4.78 is 5.63. The lowest BCUT2D eigenvalue weighted by molar-refractivity contribution is 0.106. The van der Waals surface area contributed by atoms with Gasteiger partial charge in [0.05, 0.1) is 0 Å². The molecule has 1 unspecified atom stereocenters. The molecule has 1 atom stereocenters. The number of rotatable bonds is 9. The molecule has 3 aromatic rings. The number of aliphatic hydroxyl groups excluding tert-OH is 1. The lowest BCUT2D eigenvalue weighted by atomic mass is 10.1. The first-order valence-electron chi connectivity index (χ1n) is 8.91. The number of fused-ring (bicyclic) bond motifs is 1. The number of hydrogen-bond donors (Lipinski definition) is 3. The highest BCUT2D eigenvalue weighted by atomic mass is 16.5. The first-order chi connectivity index (χ1) is 12.3. The van der Waals surface area contributed by atoms with Gasteiger partial charge in [-0.2, -0.15) is 0 Å². The lowest BCUT2D eigenvalue weighted by Gasteiger charge is -2.13. The molecule has 0 saturated carbocycles. The van der Waals surface area contributed by atoms with Crippen molar-refractivity contribution in [3.05, 3.63) is 65.9 Å². The summed E-state index contributed by atoms with van der Waals surface area (Å²) in [5, 5.41) is 14.6. The lowest BCUT2D eigenvalue weighted by Crippen LogP contribution is -2.32. The highest BCUT2D eigenvalue weighted by Crippen LogP contribution is 2.17. The van der Waals surface area contributed by atoms with Gasteiger partial charge in [-0.15, -0.1) is 0 Å². The third kappa shape index (κ3) is 4.84. The summed E-state index contributed by atoms with van der Waals surface area (Å²) >= 11 is 0. The van der Waals surface area contributed by atoms with Gasteiger partial charge in [-0.1, -0.05) is 37.3 Å². The Morgan fingerprint density at radius 3 is 2.72 bits per heavy atom. The van der Waals surface area contributed by atoms with Crippen LogP contribution in [0.25, 0.3) is 10.9 Å². The van der Waals surface area contributed by atoms with Gasteiger partial charge in [-0.25, -0.2) is 0 Å². The summed E-state index contributed by atoms with van der Waals surface area (Å²) in [5.74, 6) is 0.801. The molecule has 0 bridgehead atoms. The van der Waals surface area contributed by atoms with Gasteiger partial charge in [0.1, 0.15) is 18.5 Å². The van der Waals surface area contributed by atoms with E-state index in [1.807, 2.05) is 18.2 Å². The molecule has 1 heterocycles. The SMILES string of the molecule is CCc1ccc(OCC(O)CNCCc2c[nH]c3ccccc23)cc1. The Bertz CT molecular complexity index is 780. The molecule has 1 aromatic heterocycles. The van der Waals surface area contributed by atoms with E-state index >= 15 is 0 Å². The van der Waals surface area contributed by atoms with Crippen LogP contribution in [0, 0.1) is 0 Å². The van der Waals surface area contributed by atoms with Crippen LogP contribution in [0.4, 0.5) is 0 Å². The Morgan fingerprint density at radius 1 is 1.12 bits per heavy atom. The van der Waals surface area contributed by atoms with E-state index in [1.165, 1.54) is 22.0 Å². The molecule has 3 rings (SSSR count). The van der Waals surface area contributed by atoms with Crippen LogP contribution in [0.2, 0.25) is 0 Å². The van der Waals surface area contributed by atoms with E-state index in [0.29, 0.717) is 13.2 Å². The highest BCUT2D eigenvalue weighted by molar-refractivity contribution is 5.83. The maximum absolute atomic E-state index is 10.0. The van der Waals surface area contributed by atoms with Crippen LogP contribution in [0.3, 0.4) is 0 Å². The molecule has 0 spiro atoms. The minimum atomic E-state index is -0.520. The second-order valence-electron chi connectivity index (χ2n) is 6.28. The molecule has 0 aliphatic rings. The van der Waals surface area contributed by atoms with Crippen LogP contribution in [0.1, 0.15) is 18.1 Å². The number of ether oxygens (including phenoxy) is 1. The van der Waals surface area contributed by atoms with Crippen LogP contribution in [-0.2, 0) is 12.8 Å². The molecule has 0 fully saturated rings. The minimum absolute atomic E-state index is 0.297. The van der Waals surface area contributed by atoms with Crippen molar-refractivity contribution in [2.75, 3.05) is 19.7 Å². The molecule has 4 nitrogen and oxygen atoms in total. The van der Waals surface area contributed by atoms with E-state index in [-0.39, 0.29) is 0 Å². The summed E-state index contributed by atoms with van der Waals surface area (Å²) in [4.78, 5) is 3.29. The minimum Gasteiger partial charge on any atom is -0.491 e. The first kappa shape index (κ1) is 17.5. The fourth-order valence-corrected chi connectivity index (χ4v) is 2.90. The summed E-state index contributed by atoms with van der Waals surface area (Å²) in [6.07, 6.45) is 3.49. The fourth-order valence-electron chi connectivity index (χ4n) is 2.90. The molecule has 132 valence electrons. The molecule has 25 heavy (non-hydrogen) atoms. The largest absolute Gasteiger partial charge is 0.491 e. The van der Waals surface area contributed by atoms with Crippen LogP contribution in [0.15, 0.2) is 54.7 Å². The number of para-hydroxylation sites is 1. The monoisotopic (exact) mass is 338 g/mol.